The lowest BCUT2D eigenvalue weighted by Gasteiger charge is -2.04. The lowest BCUT2D eigenvalue weighted by molar-refractivity contribution is 0.101. The van der Waals surface area contributed by atoms with E-state index in [1.807, 2.05) is 23.8 Å². The van der Waals surface area contributed by atoms with Crippen LogP contribution in [0, 0.1) is 6.92 Å². The molecule has 2 aromatic heterocycles. The van der Waals surface area contributed by atoms with Gasteiger partial charge in [-0.25, -0.2) is 4.98 Å². The molecule has 0 fully saturated rings. The standard InChI is InChI=1S/C11H14N4OS/c1-3-15-5-8(12)4-9(15)10(16)14-11-13-7(2)6-17-11/h4-6H,3,12H2,1-2H3,(H,13,14,16). The molecule has 0 spiro atoms. The van der Waals surface area contributed by atoms with Crippen LogP contribution in [0.25, 0.3) is 0 Å². The van der Waals surface area contributed by atoms with Gasteiger partial charge in [-0.1, -0.05) is 0 Å². The lowest BCUT2D eigenvalue weighted by Crippen LogP contribution is -2.16. The van der Waals surface area contributed by atoms with E-state index in [0.29, 0.717) is 23.1 Å². The number of hydrogen-bond acceptors (Lipinski definition) is 4. The summed E-state index contributed by atoms with van der Waals surface area (Å²) in [5.41, 5.74) is 7.72. The van der Waals surface area contributed by atoms with Crippen molar-refractivity contribution in [3.05, 3.63) is 29.0 Å². The zero-order chi connectivity index (χ0) is 12.4. The van der Waals surface area contributed by atoms with Crippen LogP contribution < -0.4 is 11.1 Å². The van der Waals surface area contributed by atoms with Gasteiger partial charge in [0.2, 0.25) is 0 Å². The van der Waals surface area contributed by atoms with Gasteiger partial charge in [0.15, 0.2) is 5.13 Å². The molecule has 2 rings (SSSR count). The van der Waals surface area contributed by atoms with Gasteiger partial charge in [-0.2, -0.15) is 0 Å². The highest BCUT2D eigenvalue weighted by Crippen LogP contribution is 2.17. The van der Waals surface area contributed by atoms with E-state index in [0.717, 1.165) is 5.69 Å². The van der Waals surface area contributed by atoms with Crippen LogP contribution >= 0.6 is 11.3 Å². The highest BCUT2D eigenvalue weighted by Gasteiger charge is 2.13. The Bertz CT molecular complexity index is 543. The third-order valence-electron chi connectivity index (χ3n) is 2.33. The van der Waals surface area contributed by atoms with Crippen molar-refractivity contribution in [2.24, 2.45) is 0 Å². The van der Waals surface area contributed by atoms with Gasteiger partial charge in [0.1, 0.15) is 5.69 Å². The van der Waals surface area contributed by atoms with Crippen molar-refractivity contribution in [3.8, 4) is 0 Å². The van der Waals surface area contributed by atoms with Crippen molar-refractivity contribution in [1.29, 1.82) is 0 Å². The van der Waals surface area contributed by atoms with Crippen molar-refractivity contribution >= 4 is 28.1 Å². The summed E-state index contributed by atoms with van der Waals surface area (Å²) in [5, 5.41) is 5.26. The molecule has 90 valence electrons. The minimum atomic E-state index is -0.182. The molecular formula is C11H14N4OS. The Kier molecular flexibility index (Phi) is 3.14. The Morgan fingerprint density at radius 3 is 3.00 bits per heavy atom. The Morgan fingerprint density at radius 2 is 2.41 bits per heavy atom. The van der Waals surface area contributed by atoms with E-state index in [9.17, 15) is 4.79 Å². The smallest absolute Gasteiger partial charge is 0.274 e. The van der Waals surface area contributed by atoms with Crippen LogP contribution in [0.1, 0.15) is 23.1 Å². The van der Waals surface area contributed by atoms with Gasteiger partial charge < -0.3 is 10.3 Å². The molecule has 0 atom stereocenters. The molecule has 0 saturated carbocycles. The number of rotatable bonds is 3. The largest absolute Gasteiger partial charge is 0.397 e. The maximum atomic E-state index is 12.0. The van der Waals surface area contributed by atoms with Crippen molar-refractivity contribution in [2.45, 2.75) is 20.4 Å². The molecule has 3 N–H and O–H groups in total. The van der Waals surface area contributed by atoms with Crippen LogP contribution in [-0.4, -0.2) is 15.5 Å². The zero-order valence-corrected chi connectivity index (χ0v) is 10.5. The van der Waals surface area contributed by atoms with Crippen LogP contribution in [0.4, 0.5) is 10.8 Å². The first kappa shape index (κ1) is 11.7. The molecule has 0 bridgehead atoms. The number of aromatic nitrogens is 2. The summed E-state index contributed by atoms with van der Waals surface area (Å²) in [6, 6.07) is 1.67. The van der Waals surface area contributed by atoms with Gasteiger partial charge in [0.05, 0.1) is 11.4 Å². The summed E-state index contributed by atoms with van der Waals surface area (Å²) in [6.07, 6.45) is 1.75. The van der Waals surface area contributed by atoms with Crippen molar-refractivity contribution in [1.82, 2.24) is 9.55 Å². The van der Waals surface area contributed by atoms with Gasteiger partial charge in [-0.3, -0.25) is 10.1 Å². The minimum Gasteiger partial charge on any atom is -0.397 e. The Hall–Kier alpha value is -1.82. The van der Waals surface area contributed by atoms with Crippen molar-refractivity contribution < 1.29 is 4.79 Å². The molecular weight excluding hydrogens is 236 g/mol. The van der Waals surface area contributed by atoms with Gasteiger partial charge in [-0.15, -0.1) is 11.3 Å². The number of amides is 1. The van der Waals surface area contributed by atoms with Crippen LogP contribution in [0.3, 0.4) is 0 Å². The van der Waals surface area contributed by atoms with E-state index < -0.39 is 0 Å². The second kappa shape index (κ2) is 4.58. The molecule has 5 nitrogen and oxygen atoms in total. The quantitative estimate of drug-likeness (QED) is 0.876. The van der Waals surface area contributed by atoms with Crippen molar-refractivity contribution in [2.75, 3.05) is 11.1 Å². The fourth-order valence-electron chi connectivity index (χ4n) is 1.56. The summed E-state index contributed by atoms with van der Waals surface area (Å²) in [6.45, 7) is 4.56. The molecule has 1 amide bonds. The monoisotopic (exact) mass is 250 g/mol. The number of thiazole rings is 1. The Labute approximate surface area is 103 Å². The minimum absolute atomic E-state index is 0.182. The number of aryl methyl sites for hydroxylation is 2. The number of nitrogens with zero attached hydrogens (tertiary/aromatic N) is 2. The molecule has 2 heterocycles. The first-order valence-electron chi connectivity index (χ1n) is 5.29. The average molecular weight is 250 g/mol. The van der Waals surface area contributed by atoms with E-state index in [1.165, 1.54) is 11.3 Å². The van der Waals surface area contributed by atoms with E-state index in [2.05, 4.69) is 10.3 Å². The summed E-state index contributed by atoms with van der Waals surface area (Å²) >= 11 is 1.41. The van der Waals surface area contributed by atoms with Crippen LogP contribution in [-0.2, 0) is 6.54 Å². The third-order valence-corrected chi connectivity index (χ3v) is 3.21. The second-order valence-corrected chi connectivity index (χ2v) is 4.55. The first-order chi connectivity index (χ1) is 8.10. The second-order valence-electron chi connectivity index (χ2n) is 3.69. The van der Waals surface area contributed by atoms with Gasteiger partial charge in [0, 0.05) is 18.1 Å². The van der Waals surface area contributed by atoms with E-state index >= 15 is 0 Å². The normalized spacial score (nSPS) is 10.5. The maximum Gasteiger partial charge on any atom is 0.274 e. The lowest BCUT2D eigenvalue weighted by atomic mass is 10.4. The highest BCUT2D eigenvalue weighted by molar-refractivity contribution is 7.13. The van der Waals surface area contributed by atoms with Crippen LogP contribution in [0.5, 0.6) is 0 Å². The molecule has 0 aromatic carbocycles. The molecule has 6 heteroatoms. The van der Waals surface area contributed by atoms with Crippen molar-refractivity contribution in [3.63, 3.8) is 0 Å². The van der Waals surface area contributed by atoms with Gasteiger partial charge in [0.25, 0.3) is 5.91 Å². The molecule has 0 aliphatic rings. The Balaban J connectivity index is 2.19. The molecule has 17 heavy (non-hydrogen) atoms. The summed E-state index contributed by atoms with van der Waals surface area (Å²) < 4.78 is 1.81. The molecule has 0 radical (unpaired) electrons. The van der Waals surface area contributed by atoms with E-state index in [1.54, 1.807) is 12.3 Å². The number of nitrogen functional groups attached to an aromatic ring is 1. The predicted molar refractivity (Wildman–Crippen MR) is 69.3 cm³/mol. The van der Waals surface area contributed by atoms with Gasteiger partial charge in [-0.05, 0) is 19.9 Å². The molecule has 0 saturated heterocycles. The van der Waals surface area contributed by atoms with Gasteiger partial charge >= 0.3 is 0 Å². The summed E-state index contributed by atoms with van der Waals surface area (Å²) in [7, 11) is 0. The summed E-state index contributed by atoms with van der Waals surface area (Å²) in [4.78, 5) is 16.2. The van der Waals surface area contributed by atoms with E-state index in [4.69, 9.17) is 5.73 Å². The number of nitrogens with one attached hydrogen (secondary N) is 1. The average Bonchev–Trinajstić information content (AvgIpc) is 2.84. The molecule has 0 aliphatic carbocycles. The third kappa shape index (κ3) is 2.47. The van der Waals surface area contributed by atoms with E-state index in [-0.39, 0.29) is 5.91 Å². The van der Waals surface area contributed by atoms with Crippen LogP contribution in [0.2, 0.25) is 0 Å². The number of nitrogens with two attached hydrogens (primary N) is 1. The number of anilines is 2. The molecule has 0 unspecified atom stereocenters. The zero-order valence-electron chi connectivity index (χ0n) is 9.73. The molecule has 2 aromatic rings. The maximum absolute atomic E-state index is 12.0. The number of carbonyl (C=O) groups excluding carboxylic acids is 1. The SMILES string of the molecule is CCn1cc(N)cc1C(=O)Nc1nc(C)cs1. The number of carbonyl (C=O) groups is 1. The fourth-order valence-corrected chi connectivity index (χ4v) is 2.24. The Morgan fingerprint density at radius 1 is 1.65 bits per heavy atom. The topological polar surface area (TPSA) is 72.9 Å². The fraction of sp³-hybridized carbons (Fsp3) is 0.273. The first-order valence-corrected chi connectivity index (χ1v) is 6.17. The number of hydrogen-bond donors (Lipinski definition) is 2. The summed E-state index contributed by atoms with van der Waals surface area (Å²) in [5.74, 6) is -0.182. The highest BCUT2D eigenvalue weighted by atomic mass is 32.1. The molecule has 0 aliphatic heterocycles. The van der Waals surface area contributed by atoms with Crippen LogP contribution in [0.15, 0.2) is 17.6 Å². The predicted octanol–water partition coefficient (Wildman–Crippen LogP) is 2.11.